The van der Waals surface area contributed by atoms with Gasteiger partial charge in [0.1, 0.15) is 12.8 Å². The molecular formula is C20H30N5O15P. The molecule has 2 rings (SSSR count). The maximum Gasteiger partial charge on any atom is 0.400 e. The lowest BCUT2D eigenvalue weighted by molar-refractivity contribution is -0.154. The van der Waals surface area contributed by atoms with Crippen molar-refractivity contribution in [1.82, 2.24) is 19.4 Å². The Balaban J connectivity index is 2.47. The first-order chi connectivity index (χ1) is 18.9. The Kier molecular flexibility index (Phi) is 11.9. The molecule has 0 radical (unpaired) electrons. The summed E-state index contributed by atoms with van der Waals surface area (Å²) in [6.07, 6.45) is -4.80. The number of rotatable bonds is 17. The molecule has 0 aliphatic carbocycles. The molecule has 3 unspecified atom stereocenters. The molecule has 230 valence electrons. The molecule has 0 bridgehead atoms. The van der Waals surface area contributed by atoms with Gasteiger partial charge in [0.15, 0.2) is 6.23 Å². The van der Waals surface area contributed by atoms with E-state index in [1.807, 2.05) is 4.98 Å². The number of nitrogens with two attached hydrogens (primary N) is 1. The van der Waals surface area contributed by atoms with Gasteiger partial charge in [-0.25, -0.2) is 14.9 Å². The van der Waals surface area contributed by atoms with Crippen molar-refractivity contribution in [2.75, 3.05) is 39.5 Å². The first kappa shape index (κ1) is 33.7. The summed E-state index contributed by atoms with van der Waals surface area (Å²) in [5.74, 6) is -5.61. The zero-order valence-electron chi connectivity index (χ0n) is 21.5. The van der Waals surface area contributed by atoms with Crippen molar-refractivity contribution in [3.63, 3.8) is 0 Å². The summed E-state index contributed by atoms with van der Waals surface area (Å²) in [4.78, 5) is 82.9. The van der Waals surface area contributed by atoms with Gasteiger partial charge < -0.3 is 34.8 Å². The van der Waals surface area contributed by atoms with Gasteiger partial charge in [-0.15, -0.1) is 0 Å². The molecular weight excluding hydrogens is 581 g/mol. The van der Waals surface area contributed by atoms with Crippen LogP contribution < -0.4 is 16.8 Å². The van der Waals surface area contributed by atoms with Crippen LogP contribution in [-0.2, 0) is 37.7 Å². The number of nitrogens with one attached hydrogen (secondary N) is 1. The van der Waals surface area contributed by atoms with Crippen LogP contribution in [-0.4, -0.2) is 126 Å². The number of H-pyrrole nitrogens is 1. The van der Waals surface area contributed by atoms with Crippen LogP contribution in [0.5, 0.6) is 0 Å². The van der Waals surface area contributed by atoms with Gasteiger partial charge in [-0.2, -0.15) is 0 Å². The van der Waals surface area contributed by atoms with Gasteiger partial charge in [0.25, 0.3) is 5.56 Å². The minimum absolute atomic E-state index is 0.0511. The van der Waals surface area contributed by atoms with Gasteiger partial charge in [-0.3, -0.25) is 47.8 Å². The van der Waals surface area contributed by atoms with E-state index in [1.54, 1.807) is 0 Å². The topological polar surface area (TPSA) is 302 Å². The molecule has 0 saturated carbocycles. The number of hydrogen-bond donors (Lipinski definition) is 7. The molecule has 1 fully saturated rings. The van der Waals surface area contributed by atoms with E-state index < -0.39 is 107 Å². The highest BCUT2D eigenvalue weighted by Crippen LogP contribution is 2.42. The molecule has 1 aliphatic rings. The van der Waals surface area contributed by atoms with E-state index in [0.29, 0.717) is 0 Å². The lowest BCUT2D eigenvalue weighted by Gasteiger charge is -2.31. The van der Waals surface area contributed by atoms with Gasteiger partial charge in [0.2, 0.25) is 0 Å². The number of ether oxygens (including phenoxy) is 2. The zero-order valence-corrected chi connectivity index (χ0v) is 22.4. The molecule has 0 amide bonds. The highest BCUT2D eigenvalue weighted by molar-refractivity contribution is 7.50. The van der Waals surface area contributed by atoms with Crippen LogP contribution in [0.1, 0.15) is 18.2 Å². The first-order valence-corrected chi connectivity index (χ1v) is 13.3. The summed E-state index contributed by atoms with van der Waals surface area (Å²) in [5.41, 5.74) is 3.49. The second-order valence-electron chi connectivity index (χ2n) is 9.05. The summed E-state index contributed by atoms with van der Waals surface area (Å²) in [5, 5.41) is 36.6. The van der Waals surface area contributed by atoms with E-state index in [0.717, 1.165) is 20.6 Å². The minimum Gasteiger partial charge on any atom is -0.480 e. The van der Waals surface area contributed by atoms with Gasteiger partial charge in [0.05, 0.1) is 38.4 Å². The van der Waals surface area contributed by atoms with E-state index in [2.05, 4.69) is 0 Å². The quantitative estimate of drug-likeness (QED) is 0.0676. The summed E-state index contributed by atoms with van der Waals surface area (Å²) in [7, 11) is -4.71. The van der Waals surface area contributed by atoms with Gasteiger partial charge in [0, 0.05) is 24.7 Å². The van der Waals surface area contributed by atoms with Crippen molar-refractivity contribution in [2.24, 2.45) is 5.50 Å². The van der Waals surface area contributed by atoms with Crippen LogP contribution in [0.25, 0.3) is 0 Å². The lowest BCUT2D eigenvalue weighted by atomic mass is 10.1. The number of aromatic nitrogens is 2. The van der Waals surface area contributed by atoms with Gasteiger partial charge in [-0.1, -0.05) is 0 Å². The molecule has 41 heavy (non-hydrogen) atoms. The Morgan fingerprint density at radius 2 is 1.59 bits per heavy atom. The van der Waals surface area contributed by atoms with E-state index in [-0.39, 0.29) is 12.0 Å². The van der Waals surface area contributed by atoms with Crippen LogP contribution >= 0.6 is 7.75 Å². The van der Waals surface area contributed by atoms with Crippen molar-refractivity contribution < 1.29 is 63.1 Å². The number of aromatic amines is 1. The van der Waals surface area contributed by atoms with Crippen molar-refractivity contribution in [3.05, 3.63) is 32.6 Å². The molecule has 0 spiro atoms. The Morgan fingerprint density at radius 1 is 1.07 bits per heavy atom. The number of nitrogens with zero attached hydrogens (tertiary/aromatic N) is 3. The van der Waals surface area contributed by atoms with Crippen molar-refractivity contribution >= 4 is 31.6 Å². The fraction of sp³-hybridized carbons (Fsp3) is 0.600. The monoisotopic (exact) mass is 611 g/mol. The van der Waals surface area contributed by atoms with Crippen molar-refractivity contribution in [3.8, 4) is 0 Å². The summed E-state index contributed by atoms with van der Waals surface area (Å²) in [6, 6.07) is 0. The summed E-state index contributed by atoms with van der Waals surface area (Å²) < 4.78 is 29.3. The predicted octanol–water partition coefficient (Wildman–Crippen LogP) is -3.14. The third kappa shape index (κ3) is 11.1. The van der Waals surface area contributed by atoms with Crippen LogP contribution in [0.4, 0.5) is 0 Å². The molecule has 2 heterocycles. The van der Waals surface area contributed by atoms with E-state index in [9.17, 15) is 48.4 Å². The molecule has 0 aromatic carbocycles. The fourth-order valence-electron chi connectivity index (χ4n) is 4.05. The summed E-state index contributed by atoms with van der Waals surface area (Å²) >= 11 is 0. The van der Waals surface area contributed by atoms with E-state index in [4.69, 9.17) is 29.7 Å². The summed E-state index contributed by atoms with van der Waals surface area (Å²) in [6.45, 7) is -2.93. The number of hydrogen-bond acceptors (Lipinski definition) is 12. The number of carboxylic acid groups (broad SMARTS) is 4. The van der Waals surface area contributed by atoms with Crippen LogP contribution in [0.15, 0.2) is 15.8 Å². The van der Waals surface area contributed by atoms with E-state index in [1.165, 1.54) is 6.92 Å². The normalized spacial score (nSPS) is 21.0. The maximum absolute atomic E-state index is 12.5. The largest absolute Gasteiger partial charge is 0.480 e. The Hall–Kier alpha value is -3.49. The highest BCUT2D eigenvalue weighted by atomic mass is 31.2. The SMILES string of the molecule is Cc1cn([C@@H]2O[C@H](C(CN(CC(=O)O)CC(=O)O)OCN(CC(=O)O)CC(=O)O)CC2OP(N)(=O)O)c(=O)[nH]c1=O. The smallest absolute Gasteiger partial charge is 0.400 e. The molecule has 1 saturated heterocycles. The molecule has 8 N–H and O–H groups in total. The number of aliphatic carboxylic acids is 4. The molecule has 1 aromatic heterocycles. The third-order valence-electron chi connectivity index (χ3n) is 5.56. The Bertz CT molecular complexity index is 1260. The second-order valence-corrected chi connectivity index (χ2v) is 10.4. The minimum atomic E-state index is -4.71. The Morgan fingerprint density at radius 3 is 2.07 bits per heavy atom. The standard InChI is InChI=1S/C20H30N5O15P/c1-10-3-25(20(35)22-18(10)34)19-12(40-41(21,36)37)2-11(39-19)13(4-23(5-14(26)27)6-15(28)29)38-9-24(7-16(30)31)8-17(32)33/h3,11-13,19H,2,4-9H2,1H3,(H,26,27)(H,28,29)(H,30,31)(H,32,33)(H3,21,36,37)(H,22,34,35)/t11-,12?,13?,19+/m0/s1. The first-order valence-electron chi connectivity index (χ1n) is 11.7. The van der Waals surface area contributed by atoms with Crippen LogP contribution in [0.3, 0.4) is 0 Å². The molecule has 5 atom stereocenters. The zero-order chi connectivity index (χ0) is 31.1. The average Bonchev–Trinajstić information content (AvgIpc) is 3.18. The number of aryl methyl sites for hydroxylation is 1. The molecule has 1 aromatic rings. The predicted molar refractivity (Wildman–Crippen MR) is 132 cm³/mol. The molecule has 20 nitrogen and oxygen atoms in total. The van der Waals surface area contributed by atoms with Crippen LogP contribution in [0.2, 0.25) is 0 Å². The molecule has 21 heteroatoms. The van der Waals surface area contributed by atoms with Crippen molar-refractivity contribution in [1.29, 1.82) is 0 Å². The fourth-order valence-corrected chi connectivity index (χ4v) is 4.62. The van der Waals surface area contributed by atoms with Gasteiger partial charge >= 0.3 is 37.3 Å². The molecule has 1 aliphatic heterocycles. The highest BCUT2D eigenvalue weighted by Gasteiger charge is 2.45. The number of carboxylic acids is 4. The number of carbonyl (C=O) groups is 4. The van der Waals surface area contributed by atoms with E-state index >= 15 is 0 Å². The van der Waals surface area contributed by atoms with Crippen LogP contribution in [0, 0.1) is 6.92 Å². The maximum atomic E-state index is 12.5. The third-order valence-corrected chi connectivity index (χ3v) is 6.14. The Labute approximate surface area is 230 Å². The average molecular weight is 611 g/mol. The second kappa shape index (κ2) is 14.4. The van der Waals surface area contributed by atoms with Gasteiger partial charge in [-0.05, 0) is 6.92 Å². The lowest BCUT2D eigenvalue weighted by Crippen LogP contribution is -2.47. The van der Waals surface area contributed by atoms with Crippen molar-refractivity contribution in [2.45, 2.75) is 37.9 Å².